The second kappa shape index (κ2) is 8.78. The molecule has 1 N–H and O–H groups in total. The molecule has 1 atom stereocenters. The maximum atomic E-state index is 12.3. The Morgan fingerprint density at radius 3 is 2.39 bits per heavy atom. The number of benzene rings is 2. The second-order valence-electron chi connectivity index (χ2n) is 7.25. The van der Waals surface area contributed by atoms with E-state index in [1.54, 1.807) is 25.1 Å². The molecule has 2 aromatic rings. The summed E-state index contributed by atoms with van der Waals surface area (Å²) in [4.78, 5) is 24.5. The number of nitrogens with one attached hydrogen (secondary N) is 1. The van der Waals surface area contributed by atoms with Crippen LogP contribution < -0.4 is 14.8 Å². The summed E-state index contributed by atoms with van der Waals surface area (Å²) in [7, 11) is 0. The van der Waals surface area contributed by atoms with E-state index in [1.807, 2.05) is 24.3 Å². The van der Waals surface area contributed by atoms with Gasteiger partial charge in [-0.15, -0.1) is 0 Å². The third kappa shape index (κ3) is 5.03. The molecule has 1 aliphatic heterocycles. The summed E-state index contributed by atoms with van der Waals surface area (Å²) in [6.07, 6.45) is 0.0606. The van der Waals surface area contributed by atoms with Crippen LogP contribution in [-0.2, 0) is 22.5 Å². The van der Waals surface area contributed by atoms with Crippen molar-refractivity contribution in [3.8, 4) is 11.5 Å². The third-order valence-electron chi connectivity index (χ3n) is 4.39. The predicted octanol–water partition coefficient (Wildman–Crippen LogP) is 3.48. The lowest BCUT2D eigenvalue weighted by atomic mass is 10.0. The Morgan fingerprint density at radius 2 is 1.68 bits per heavy atom. The van der Waals surface area contributed by atoms with Crippen molar-refractivity contribution in [2.24, 2.45) is 5.92 Å². The van der Waals surface area contributed by atoms with Gasteiger partial charge < -0.3 is 19.5 Å². The topological polar surface area (TPSA) is 73.9 Å². The van der Waals surface area contributed by atoms with Crippen LogP contribution in [-0.4, -0.2) is 24.8 Å². The summed E-state index contributed by atoms with van der Waals surface area (Å²) in [5, 5.41) is 2.76. The average Bonchev–Trinajstić information content (AvgIpc) is 3.13. The molecule has 1 heterocycles. The lowest BCUT2D eigenvalue weighted by molar-refractivity contribution is -0.129. The quantitative estimate of drug-likeness (QED) is 0.741. The van der Waals surface area contributed by atoms with Crippen molar-refractivity contribution in [1.82, 2.24) is 5.32 Å². The smallest absolute Gasteiger partial charge is 0.338 e. The van der Waals surface area contributed by atoms with Crippen molar-refractivity contribution >= 4 is 11.9 Å². The molecule has 0 bridgehead atoms. The molecule has 3 rings (SSSR count). The van der Waals surface area contributed by atoms with E-state index >= 15 is 0 Å². The molecule has 0 radical (unpaired) electrons. The molecule has 2 aromatic carbocycles. The molecule has 1 aliphatic rings. The number of ether oxygens (including phenoxy) is 3. The first-order valence-corrected chi connectivity index (χ1v) is 9.38. The fraction of sp³-hybridized carbons (Fsp3) is 0.364. The van der Waals surface area contributed by atoms with Crippen LogP contribution in [0.2, 0.25) is 0 Å². The monoisotopic (exact) mass is 383 g/mol. The van der Waals surface area contributed by atoms with E-state index in [9.17, 15) is 9.59 Å². The van der Waals surface area contributed by atoms with Gasteiger partial charge in [0.2, 0.25) is 6.79 Å². The molecule has 0 unspecified atom stereocenters. The van der Waals surface area contributed by atoms with Gasteiger partial charge >= 0.3 is 5.97 Å². The molecule has 0 aromatic heterocycles. The average molecular weight is 383 g/mol. The lowest BCUT2D eigenvalue weighted by Crippen LogP contribution is -2.35. The van der Waals surface area contributed by atoms with Crippen molar-refractivity contribution < 1.29 is 23.8 Å². The Hall–Kier alpha value is -3.02. The van der Waals surface area contributed by atoms with Crippen LogP contribution in [0, 0.1) is 5.92 Å². The molecule has 148 valence electrons. The number of carbonyl (C=O) groups excluding carboxylic acids is 2. The molecule has 0 fully saturated rings. The number of esters is 1. The Morgan fingerprint density at radius 1 is 1.00 bits per heavy atom. The summed E-state index contributed by atoms with van der Waals surface area (Å²) in [5.74, 6) is 1.03. The van der Waals surface area contributed by atoms with Crippen molar-refractivity contribution in [1.29, 1.82) is 0 Å². The molecule has 6 heteroatoms. The van der Waals surface area contributed by atoms with E-state index in [-0.39, 0.29) is 12.7 Å². The first-order valence-electron chi connectivity index (χ1n) is 9.38. The summed E-state index contributed by atoms with van der Waals surface area (Å²) in [6.45, 7) is 6.36. The summed E-state index contributed by atoms with van der Waals surface area (Å²) >= 11 is 0. The zero-order chi connectivity index (χ0) is 20.1. The minimum Gasteiger partial charge on any atom is -0.454 e. The highest BCUT2D eigenvalue weighted by Crippen LogP contribution is 2.32. The first-order chi connectivity index (χ1) is 13.4. The zero-order valence-electron chi connectivity index (χ0n) is 16.4. The van der Waals surface area contributed by atoms with Gasteiger partial charge in [-0.3, -0.25) is 4.79 Å². The SMILES string of the molecule is CC(C)Cc1ccc(C(=O)O[C@H](C)C(=O)NCc2ccc3c(c2)OCO3)cc1. The summed E-state index contributed by atoms with van der Waals surface area (Å²) in [5.41, 5.74) is 2.47. The highest BCUT2D eigenvalue weighted by atomic mass is 16.7. The third-order valence-corrected chi connectivity index (χ3v) is 4.39. The zero-order valence-corrected chi connectivity index (χ0v) is 16.4. The number of fused-ring (bicyclic) bond motifs is 1. The highest BCUT2D eigenvalue weighted by molar-refractivity contribution is 5.92. The maximum absolute atomic E-state index is 12.3. The normalized spacial score (nSPS) is 13.3. The molecule has 28 heavy (non-hydrogen) atoms. The van der Waals surface area contributed by atoms with Crippen LogP contribution >= 0.6 is 0 Å². The van der Waals surface area contributed by atoms with Gasteiger partial charge in [0, 0.05) is 6.54 Å². The fourth-order valence-electron chi connectivity index (χ4n) is 2.91. The van der Waals surface area contributed by atoms with Gasteiger partial charge in [0.05, 0.1) is 5.56 Å². The minimum absolute atomic E-state index is 0.205. The van der Waals surface area contributed by atoms with Crippen molar-refractivity contribution in [3.05, 3.63) is 59.2 Å². The first kappa shape index (κ1) is 19.7. The van der Waals surface area contributed by atoms with E-state index in [0.29, 0.717) is 29.5 Å². The van der Waals surface area contributed by atoms with Crippen LogP contribution in [0.15, 0.2) is 42.5 Å². The minimum atomic E-state index is -0.892. The Bertz CT molecular complexity index is 845. The van der Waals surface area contributed by atoms with Crippen molar-refractivity contribution in [3.63, 3.8) is 0 Å². The molecule has 0 saturated carbocycles. The van der Waals surface area contributed by atoms with Gasteiger partial charge in [-0.2, -0.15) is 0 Å². The van der Waals surface area contributed by atoms with Crippen molar-refractivity contribution in [2.75, 3.05) is 6.79 Å². The van der Waals surface area contributed by atoms with Gasteiger partial charge in [-0.1, -0.05) is 32.0 Å². The van der Waals surface area contributed by atoms with E-state index in [0.717, 1.165) is 12.0 Å². The van der Waals surface area contributed by atoms with Crippen LogP contribution in [0.25, 0.3) is 0 Å². The van der Waals surface area contributed by atoms with Gasteiger partial charge in [0.25, 0.3) is 5.91 Å². The van der Waals surface area contributed by atoms with Gasteiger partial charge in [-0.05, 0) is 54.7 Å². The van der Waals surface area contributed by atoms with Crippen LogP contribution in [0.5, 0.6) is 11.5 Å². The lowest BCUT2D eigenvalue weighted by Gasteiger charge is -2.14. The number of rotatable bonds is 7. The fourth-order valence-corrected chi connectivity index (χ4v) is 2.91. The van der Waals surface area contributed by atoms with E-state index < -0.39 is 12.1 Å². The number of hydrogen-bond acceptors (Lipinski definition) is 5. The number of hydrogen-bond donors (Lipinski definition) is 1. The Kier molecular flexibility index (Phi) is 6.19. The van der Waals surface area contributed by atoms with Crippen LogP contribution in [0.3, 0.4) is 0 Å². The number of amides is 1. The number of carbonyl (C=O) groups is 2. The maximum Gasteiger partial charge on any atom is 0.338 e. The van der Waals surface area contributed by atoms with Crippen LogP contribution in [0.4, 0.5) is 0 Å². The molecule has 6 nitrogen and oxygen atoms in total. The standard InChI is InChI=1S/C22H25NO5/c1-14(2)10-16-4-7-18(8-5-16)22(25)28-15(3)21(24)23-12-17-6-9-19-20(11-17)27-13-26-19/h4-9,11,14-15H,10,12-13H2,1-3H3,(H,23,24)/t15-/m1/s1. The molecule has 0 spiro atoms. The van der Waals surface area contributed by atoms with Crippen molar-refractivity contribution in [2.45, 2.75) is 39.8 Å². The molecule has 0 aliphatic carbocycles. The van der Waals surface area contributed by atoms with Gasteiger partial charge in [-0.25, -0.2) is 4.79 Å². The van der Waals surface area contributed by atoms with E-state index in [4.69, 9.17) is 14.2 Å². The molecule has 0 saturated heterocycles. The van der Waals surface area contributed by atoms with Crippen LogP contribution in [0.1, 0.15) is 42.3 Å². The summed E-state index contributed by atoms with van der Waals surface area (Å²) < 4.78 is 15.9. The second-order valence-corrected chi connectivity index (χ2v) is 7.25. The Balaban J connectivity index is 1.50. The molecular weight excluding hydrogens is 358 g/mol. The predicted molar refractivity (Wildman–Crippen MR) is 104 cm³/mol. The van der Waals surface area contributed by atoms with E-state index in [2.05, 4.69) is 19.2 Å². The van der Waals surface area contributed by atoms with Gasteiger partial charge in [0.1, 0.15) is 0 Å². The Labute approximate surface area is 164 Å². The summed E-state index contributed by atoms with van der Waals surface area (Å²) in [6, 6.07) is 12.8. The van der Waals surface area contributed by atoms with E-state index in [1.165, 1.54) is 5.56 Å². The largest absolute Gasteiger partial charge is 0.454 e. The molecular formula is C22H25NO5. The molecule has 1 amide bonds. The van der Waals surface area contributed by atoms with Gasteiger partial charge in [0.15, 0.2) is 17.6 Å². The highest BCUT2D eigenvalue weighted by Gasteiger charge is 2.19.